The van der Waals surface area contributed by atoms with E-state index in [9.17, 15) is 10.1 Å². The zero-order valence-electron chi connectivity index (χ0n) is 22.5. The first-order valence-corrected chi connectivity index (χ1v) is 13.5. The number of nitro groups is 1. The lowest BCUT2D eigenvalue weighted by molar-refractivity contribution is -0.384. The maximum absolute atomic E-state index is 11.8. The Morgan fingerprint density at radius 2 is 1.33 bits per heavy atom. The van der Waals surface area contributed by atoms with Gasteiger partial charge in [0.2, 0.25) is 5.82 Å². The Morgan fingerprint density at radius 3 is 1.83 bits per heavy atom. The van der Waals surface area contributed by atoms with E-state index in [1.54, 1.807) is 30.1 Å². The van der Waals surface area contributed by atoms with Crippen molar-refractivity contribution in [2.75, 3.05) is 7.11 Å². The van der Waals surface area contributed by atoms with Gasteiger partial charge in [-0.2, -0.15) is 0 Å². The number of ether oxygens (including phenoxy) is 1. The van der Waals surface area contributed by atoms with Crippen molar-refractivity contribution in [1.82, 2.24) is 20.2 Å². The van der Waals surface area contributed by atoms with Gasteiger partial charge < -0.3 is 4.74 Å². The number of tetrazole rings is 1. The first-order chi connectivity index (χ1) is 20.5. The molecule has 0 aliphatic heterocycles. The van der Waals surface area contributed by atoms with Crippen molar-refractivity contribution in [2.45, 2.75) is 5.54 Å². The highest BCUT2D eigenvalue weighted by Gasteiger charge is 2.41. The number of aromatic nitrogens is 4. The quantitative estimate of drug-likeness (QED) is 0.107. The van der Waals surface area contributed by atoms with E-state index in [0.717, 1.165) is 22.3 Å². The zero-order valence-corrected chi connectivity index (χ0v) is 23.2. The van der Waals surface area contributed by atoms with Gasteiger partial charge in [0.1, 0.15) is 5.75 Å². The van der Waals surface area contributed by atoms with Gasteiger partial charge in [-0.3, -0.25) is 10.1 Å². The molecule has 0 spiro atoms. The molecule has 0 saturated carbocycles. The van der Waals surface area contributed by atoms with Gasteiger partial charge in [0.15, 0.2) is 5.54 Å². The number of nitrogens with zero attached hydrogens (tertiary/aromatic N) is 5. The van der Waals surface area contributed by atoms with Crippen LogP contribution in [0.25, 0.3) is 22.5 Å². The highest BCUT2D eigenvalue weighted by atomic mass is 35.5. The van der Waals surface area contributed by atoms with Gasteiger partial charge in [-0.1, -0.05) is 109 Å². The number of benzene rings is 5. The molecule has 1 aromatic heterocycles. The predicted molar refractivity (Wildman–Crippen MR) is 162 cm³/mol. The maximum Gasteiger partial charge on any atom is 0.270 e. The molecule has 0 aliphatic rings. The molecular weight excluding hydrogens is 550 g/mol. The van der Waals surface area contributed by atoms with Gasteiger partial charge in [0, 0.05) is 17.7 Å². The summed E-state index contributed by atoms with van der Waals surface area (Å²) in [6.45, 7) is 0. The number of hydrogen-bond donors (Lipinski definition) is 0. The molecule has 0 radical (unpaired) electrons. The van der Waals surface area contributed by atoms with E-state index in [0.29, 0.717) is 21.9 Å². The molecule has 1 heterocycles. The molecule has 206 valence electrons. The first-order valence-electron chi connectivity index (χ1n) is 13.1. The average Bonchev–Trinajstić information content (AvgIpc) is 3.53. The van der Waals surface area contributed by atoms with Crippen LogP contribution in [-0.2, 0) is 5.54 Å². The fourth-order valence-corrected chi connectivity index (χ4v) is 5.52. The second-order valence-electron chi connectivity index (χ2n) is 9.55. The Labute approximate surface area is 246 Å². The molecule has 0 atom stereocenters. The van der Waals surface area contributed by atoms with Crippen molar-refractivity contribution in [3.8, 4) is 28.3 Å². The molecule has 42 heavy (non-hydrogen) atoms. The van der Waals surface area contributed by atoms with Crippen molar-refractivity contribution < 1.29 is 9.66 Å². The van der Waals surface area contributed by atoms with Crippen molar-refractivity contribution in [1.29, 1.82) is 0 Å². The maximum atomic E-state index is 11.8. The summed E-state index contributed by atoms with van der Waals surface area (Å²) in [6.07, 6.45) is 0. The Balaban J connectivity index is 1.61. The van der Waals surface area contributed by atoms with Gasteiger partial charge in [0.05, 0.1) is 17.1 Å². The lowest BCUT2D eigenvalue weighted by Crippen LogP contribution is -2.39. The Kier molecular flexibility index (Phi) is 7.21. The van der Waals surface area contributed by atoms with Crippen LogP contribution in [0.3, 0.4) is 0 Å². The van der Waals surface area contributed by atoms with Crippen LogP contribution < -0.4 is 4.74 Å². The molecule has 0 amide bonds. The molecule has 0 bridgehead atoms. The van der Waals surface area contributed by atoms with E-state index in [-0.39, 0.29) is 11.5 Å². The third-order valence-corrected chi connectivity index (χ3v) is 7.50. The van der Waals surface area contributed by atoms with E-state index in [4.69, 9.17) is 21.4 Å². The number of methoxy groups -OCH3 is 1. The van der Waals surface area contributed by atoms with Crippen LogP contribution >= 0.6 is 11.6 Å². The van der Waals surface area contributed by atoms with Gasteiger partial charge in [-0.25, -0.2) is 0 Å². The number of rotatable bonds is 8. The average molecular weight is 574 g/mol. The molecule has 0 aliphatic carbocycles. The zero-order chi connectivity index (χ0) is 29.1. The Bertz CT molecular complexity index is 1770. The van der Waals surface area contributed by atoms with E-state index in [1.165, 1.54) is 12.1 Å². The highest BCUT2D eigenvalue weighted by Crippen LogP contribution is 2.41. The summed E-state index contributed by atoms with van der Waals surface area (Å²) in [7, 11) is 1.54. The van der Waals surface area contributed by atoms with Gasteiger partial charge >= 0.3 is 0 Å². The van der Waals surface area contributed by atoms with Crippen LogP contribution in [0.2, 0.25) is 5.02 Å². The second kappa shape index (κ2) is 11.3. The molecule has 0 saturated heterocycles. The van der Waals surface area contributed by atoms with Crippen LogP contribution in [0.4, 0.5) is 5.69 Å². The molecule has 0 N–H and O–H groups in total. The van der Waals surface area contributed by atoms with Crippen LogP contribution in [-0.4, -0.2) is 32.2 Å². The summed E-state index contributed by atoms with van der Waals surface area (Å²) in [5.74, 6) is 0.749. The molecule has 9 heteroatoms. The van der Waals surface area contributed by atoms with Crippen molar-refractivity contribution >= 4 is 17.3 Å². The molecule has 8 nitrogen and oxygen atoms in total. The van der Waals surface area contributed by atoms with E-state index in [1.807, 2.05) is 97.1 Å². The predicted octanol–water partition coefficient (Wildman–Crippen LogP) is 7.42. The van der Waals surface area contributed by atoms with Crippen molar-refractivity contribution in [3.05, 3.63) is 159 Å². The van der Waals surface area contributed by atoms with E-state index >= 15 is 0 Å². The second-order valence-corrected chi connectivity index (χ2v) is 9.95. The fourth-order valence-electron chi connectivity index (χ4n) is 5.27. The van der Waals surface area contributed by atoms with Crippen molar-refractivity contribution in [3.63, 3.8) is 0 Å². The van der Waals surface area contributed by atoms with Crippen molar-refractivity contribution in [2.24, 2.45) is 0 Å². The van der Waals surface area contributed by atoms with Crippen LogP contribution in [0.5, 0.6) is 5.75 Å². The number of halogens is 1. The SMILES string of the molecule is COc1ccc(-c2ccc([N+](=O)[O-])cc2-c2nnn(C(c3ccccc3)(c3ccccc3)c3ccccc3)n2)cc1Cl. The molecular formula is C33H24ClN5O3. The summed E-state index contributed by atoms with van der Waals surface area (Å²) in [4.78, 5) is 12.9. The lowest BCUT2D eigenvalue weighted by atomic mass is 9.77. The molecule has 5 aromatic carbocycles. The Morgan fingerprint density at radius 1 is 0.762 bits per heavy atom. The topological polar surface area (TPSA) is 96.0 Å². The van der Waals surface area contributed by atoms with Gasteiger partial charge in [0.25, 0.3) is 5.69 Å². The number of hydrogen-bond acceptors (Lipinski definition) is 6. The van der Waals surface area contributed by atoms with Crippen LogP contribution in [0.15, 0.2) is 127 Å². The molecule has 6 rings (SSSR count). The minimum atomic E-state index is -0.987. The number of nitro benzene ring substituents is 1. The highest BCUT2D eigenvalue weighted by molar-refractivity contribution is 6.32. The summed E-state index contributed by atoms with van der Waals surface area (Å²) >= 11 is 6.45. The largest absolute Gasteiger partial charge is 0.495 e. The summed E-state index contributed by atoms with van der Waals surface area (Å²) in [6, 6.07) is 39.8. The summed E-state index contributed by atoms with van der Waals surface area (Å²) in [5, 5.41) is 26.2. The minimum Gasteiger partial charge on any atom is -0.495 e. The van der Waals surface area contributed by atoms with E-state index in [2.05, 4.69) is 10.3 Å². The Hall–Kier alpha value is -5.34. The standard InChI is InChI=1S/C33H24ClN5O3/c1-42-31-20-17-23(21-30(31)34)28-19-18-27(38(40)41)22-29(28)32-35-37-39(36-32)33(24-11-5-2-6-12-24,25-13-7-3-8-14-25)26-15-9-4-10-16-26/h2-22H,1H3. The van der Waals surface area contributed by atoms with Gasteiger partial charge in [-0.15, -0.1) is 15.0 Å². The summed E-state index contributed by atoms with van der Waals surface area (Å²) < 4.78 is 5.31. The lowest BCUT2D eigenvalue weighted by Gasteiger charge is -2.34. The fraction of sp³-hybridized carbons (Fsp3) is 0.0606. The first kappa shape index (κ1) is 26.9. The monoisotopic (exact) mass is 573 g/mol. The number of non-ortho nitro benzene ring substituents is 1. The van der Waals surface area contributed by atoms with E-state index < -0.39 is 10.5 Å². The normalized spacial score (nSPS) is 11.3. The van der Waals surface area contributed by atoms with Gasteiger partial charge in [-0.05, 0) is 51.2 Å². The van der Waals surface area contributed by atoms with Crippen LogP contribution in [0, 0.1) is 10.1 Å². The molecule has 0 fully saturated rings. The smallest absolute Gasteiger partial charge is 0.270 e. The molecule has 0 unspecified atom stereocenters. The van der Waals surface area contributed by atoms with Crippen LogP contribution in [0.1, 0.15) is 16.7 Å². The minimum absolute atomic E-state index is 0.0925. The summed E-state index contributed by atoms with van der Waals surface area (Å²) in [5.41, 5.74) is 3.52. The third-order valence-electron chi connectivity index (χ3n) is 7.21. The third kappa shape index (κ3) is 4.67. The molecule has 6 aromatic rings.